The number of aryl methyl sites for hydroxylation is 1. The van der Waals surface area contributed by atoms with Gasteiger partial charge in [0.05, 0.1) is 10.9 Å². The molecule has 2 aromatic carbocycles. The third-order valence-electron chi connectivity index (χ3n) is 3.99. The smallest absolute Gasteiger partial charge is 0.262 e. The summed E-state index contributed by atoms with van der Waals surface area (Å²) >= 11 is 5.17. The lowest BCUT2D eigenvalue weighted by Gasteiger charge is -2.09. The number of nitrogens with one attached hydrogen (secondary N) is 2. The summed E-state index contributed by atoms with van der Waals surface area (Å²) in [6.07, 6.45) is 0. The average molecular weight is 357 g/mol. The van der Waals surface area contributed by atoms with E-state index in [2.05, 4.69) is 10.3 Å². The lowest BCUT2D eigenvalue weighted by molar-refractivity contribution is 0.102. The van der Waals surface area contributed by atoms with Gasteiger partial charge in [-0.1, -0.05) is 6.07 Å². The second kappa shape index (κ2) is 6.60. The zero-order valence-corrected chi connectivity index (χ0v) is 14.5. The number of fused-ring (bicyclic) bond motifs is 1. The highest BCUT2D eigenvalue weighted by Crippen LogP contribution is 2.16. The first-order chi connectivity index (χ1) is 11.9. The van der Waals surface area contributed by atoms with E-state index in [1.165, 1.54) is 10.6 Å². The molecule has 1 aromatic heterocycles. The van der Waals surface area contributed by atoms with Gasteiger partial charge in [0.1, 0.15) is 5.82 Å². The first-order valence-corrected chi connectivity index (χ1v) is 8.16. The fourth-order valence-corrected chi connectivity index (χ4v) is 2.88. The van der Waals surface area contributed by atoms with E-state index in [9.17, 15) is 14.0 Å². The number of aromatic amines is 1. The molecule has 128 valence electrons. The maximum atomic E-state index is 13.6. The van der Waals surface area contributed by atoms with Crippen LogP contribution < -0.4 is 10.9 Å². The molecule has 2 N–H and O–H groups in total. The predicted molar refractivity (Wildman–Crippen MR) is 98.2 cm³/mol. The van der Waals surface area contributed by atoms with Crippen molar-refractivity contribution in [2.45, 2.75) is 20.4 Å². The van der Waals surface area contributed by atoms with Crippen LogP contribution in [0.5, 0.6) is 0 Å². The zero-order chi connectivity index (χ0) is 18.1. The van der Waals surface area contributed by atoms with Crippen molar-refractivity contribution in [2.75, 3.05) is 5.32 Å². The lowest BCUT2D eigenvalue weighted by Crippen LogP contribution is -2.21. The standard InChI is InChI=1S/C18H16FN3O2S/c1-3-22-17(24)13-7-5-11(8-15(13)21-18(22)25)16(23)20-12-6-4-10(2)14(19)9-12/h4-9H,3H2,1-2H3,(H,20,23)(H,21,25). The topological polar surface area (TPSA) is 66.9 Å². The number of anilines is 1. The van der Waals surface area contributed by atoms with E-state index in [4.69, 9.17) is 12.2 Å². The Morgan fingerprint density at radius 1 is 1.28 bits per heavy atom. The largest absolute Gasteiger partial charge is 0.332 e. The molecule has 0 fully saturated rings. The summed E-state index contributed by atoms with van der Waals surface area (Å²) in [5, 5.41) is 3.09. The van der Waals surface area contributed by atoms with Gasteiger partial charge in [-0.05, 0) is 62.0 Å². The number of benzene rings is 2. The van der Waals surface area contributed by atoms with Crippen molar-refractivity contribution in [1.82, 2.24) is 9.55 Å². The van der Waals surface area contributed by atoms with Gasteiger partial charge < -0.3 is 10.3 Å². The van der Waals surface area contributed by atoms with Gasteiger partial charge in [0.15, 0.2) is 4.77 Å². The van der Waals surface area contributed by atoms with Gasteiger partial charge >= 0.3 is 0 Å². The Morgan fingerprint density at radius 2 is 2.04 bits per heavy atom. The molecular formula is C18H16FN3O2S. The first-order valence-electron chi connectivity index (χ1n) is 7.75. The first kappa shape index (κ1) is 17.0. The van der Waals surface area contributed by atoms with Gasteiger partial charge in [0, 0.05) is 17.8 Å². The normalized spacial score (nSPS) is 10.8. The van der Waals surface area contributed by atoms with Crippen molar-refractivity contribution in [3.63, 3.8) is 0 Å². The minimum Gasteiger partial charge on any atom is -0.332 e. The minimum absolute atomic E-state index is 0.200. The predicted octanol–water partition coefficient (Wildman–Crippen LogP) is 3.78. The summed E-state index contributed by atoms with van der Waals surface area (Å²) in [7, 11) is 0. The van der Waals surface area contributed by atoms with Gasteiger partial charge in [0.25, 0.3) is 11.5 Å². The van der Waals surface area contributed by atoms with Gasteiger partial charge in [0.2, 0.25) is 0 Å². The van der Waals surface area contributed by atoms with Crippen molar-refractivity contribution in [2.24, 2.45) is 0 Å². The highest BCUT2D eigenvalue weighted by atomic mass is 32.1. The average Bonchev–Trinajstić information content (AvgIpc) is 2.58. The summed E-state index contributed by atoms with van der Waals surface area (Å²) in [4.78, 5) is 27.7. The number of aromatic nitrogens is 2. The van der Waals surface area contributed by atoms with Gasteiger partial charge in [-0.3, -0.25) is 14.2 Å². The number of nitrogens with zero attached hydrogens (tertiary/aromatic N) is 1. The summed E-state index contributed by atoms with van der Waals surface area (Å²) in [6.45, 7) is 3.94. The highest BCUT2D eigenvalue weighted by Gasteiger charge is 2.11. The van der Waals surface area contributed by atoms with Crippen LogP contribution in [0, 0.1) is 17.5 Å². The third kappa shape index (κ3) is 3.23. The molecule has 0 saturated carbocycles. The molecule has 0 radical (unpaired) electrons. The van der Waals surface area contributed by atoms with Crippen LogP contribution in [-0.4, -0.2) is 15.5 Å². The van der Waals surface area contributed by atoms with Crippen LogP contribution >= 0.6 is 12.2 Å². The van der Waals surface area contributed by atoms with Crippen LogP contribution in [0.4, 0.5) is 10.1 Å². The van der Waals surface area contributed by atoms with Crippen LogP contribution in [0.1, 0.15) is 22.8 Å². The third-order valence-corrected chi connectivity index (χ3v) is 4.31. The molecule has 7 heteroatoms. The van der Waals surface area contributed by atoms with Crippen molar-refractivity contribution in [1.29, 1.82) is 0 Å². The summed E-state index contributed by atoms with van der Waals surface area (Å²) in [5.41, 5.74) is 1.50. The van der Waals surface area contributed by atoms with E-state index in [1.807, 2.05) is 6.92 Å². The molecule has 25 heavy (non-hydrogen) atoms. The minimum atomic E-state index is -0.399. The van der Waals surface area contributed by atoms with Crippen LogP contribution in [0.3, 0.4) is 0 Å². The van der Waals surface area contributed by atoms with E-state index in [1.54, 1.807) is 37.3 Å². The van der Waals surface area contributed by atoms with Gasteiger partial charge in [-0.15, -0.1) is 0 Å². The Hall–Kier alpha value is -2.80. The molecule has 0 spiro atoms. The van der Waals surface area contributed by atoms with E-state index in [-0.39, 0.29) is 11.4 Å². The van der Waals surface area contributed by atoms with Crippen LogP contribution in [0.25, 0.3) is 10.9 Å². The SMILES string of the molecule is CCn1c(=S)[nH]c2cc(C(=O)Nc3ccc(C)c(F)c3)ccc2c1=O. The molecule has 0 bridgehead atoms. The van der Waals surface area contributed by atoms with Crippen molar-refractivity contribution >= 4 is 34.7 Å². The number of amides is 1. The Bertz CT molecular complexity index is 1100. The number of carbonyl (C=O) groups excluding carboxylic acids is 1. The zero-order valence-electron chi connectivity index (χ0n) is 13.7. The fourth-order valence-electron chi connectivity index (χ4n) is 2.56. The second-order valence-corrected chi connectivity index (χ2v) is 6.04. The number of hydrogen-bond donors (Lipinski definition) is 2. The number of H-pyrrole nitrogens is 1. The van der Waals surface area contributed by atoms with Gasteiger partial charge in [-0.2, -0.15) is 0 Å². The van der Waals surface area contributed by atoms with Crippen molar-refractivity contribution in [3.05, 3.63) is 68.5 Å². The molecular weight excluding hydrogens is 341 g/mol. The number of rotatable bonds is 3. The summed E-state index contributed by atoms with van der Waals surface area (Å²) < 4.78 is 15.4. The Labute approximate surface area is 148 Å². The molecule has 0 aliphatic rings. The molecule has 0 aliphatic carbocycles. The van der Waals surface area contributed by atoms with Gasteiger partial charge in [-0.25, -0.2) is 4.39 Å². The Balaban J connectivity index is 1.98. The van der Waals surface area contributed by atoms with E-state index < -0.39 is 5.91 Å². The molecule has 0 saturated heterocycles. The summed E-state index contributed by atoms with van der Waals surface area (Å²) in [6, 6.07) is 9.19. The van der Waals surface area contributed by atoms with Crippen molar-refractivity contribution in [3.8, 4) is 0 Å². The number of carbonyl (C=O) groups is 1. The highest BCUT2D eigenvalue weighted by molar-refractivity contribution is 7.71. The molecule has 5 nitrogen and oxygen atoms in total. The number of hydrogen-bond acceptors (Lipinski definition) is 3. The number of halogens is 1. The lowest BCUT2D eigenvalue weighted by atomic mass is 10.1. The van der Waals surface area contributed by atoms with Crippen LogP contribution in [0.15, 0.2) is 41.2 Å². The molecule has 0 unspecified atom stereocenters. The van der Waals surface area contributed by atoms with Crippen LogP contribution in [0.2, 0.25) is 0 Å². The molecule has 3 aromatic rings. The molecule has 0 aliphatic heterocycles. The quantitative estimate of drug-likeness (QED) is 0.701. The van der Waals surface area contributed by atoms with E-state index in [0.29, 0.717) is 39.0 Å². The van der Waals surface area contributed by atoms with E-state index in [0.717, 1.165) is 0 Å². The molecule has 1 amide bonds. The second-order valence-electron chi connectivity index (χ2n) is 5.66. The Morgan fingerprint density at radius 3 is 2.72 bits per heavy atom. The molecule has 1 heterocycles. The monoisotopic (exact) mass is 357 g/mol. The fraction of sp³-hybridized carbons (Fsp3) is 0.167. The molecule has 0 atom stereocenters. The van der Waals surface area contributed by atoms with Crippen molar-refractivity contribution < 1.29 is 9.18 Å². The maximum absolute atomic E-state index is 13.6. The maximum Gasteiger partial charge on any atom is 0.262 e. The van der Waals surface area contributed by atoms with Crippen LogP contribution in [-0.2, 0) is 6.54 Å². The van der Waals surface area contributed by atoms with E-state index >= 15 is 0 Å². The Kier molecular flexibility index (Phi) is 4.50. The molecule has 3 rings (SSSR count). The summed E-state index contributed by atoms with van der Waals surface area (Å²) in [5.74, 6) is -0.787.